The zero-order valence-corrected chi connectivity index (χ0v) is 8.87. The van der Waals surface area contributed by atoms with E-state index >= 15 is 0 Å². The summed E-state index contributed by atoms with van der Waals surface area (Å²) in [6.07, 6.45) is 1.27. The summed E-state index contributed by atoms with van der Waals surface area (Å²) in [7, 11) is 0. The fourth-order valence-corrected chi connectivity index (χ4v) is 1.39. The van der Waals surface area contributed by atoms with Gasteiger partial charge in [-0.3, -0.25) is 0 Å². The van der Waals surface area contributed by atoms with Gasteiger partial charge in [0, 0.05) is 6.07 Å². The molecule has 0 spiro atoms. The molecular formula is C8H5BrF2N4. The van der Waals surface area contributed by atoms with E-state index < -0.39 is 11.6 Å². The van der Waals surface area contributed by atoms with Crippen LogP contribution in [0.5, 0.6) is 0 Å². The highest BCUT2D eigenvalue weighted by Crippen LogP contribution is 2.21. The van der Waals surface area contributed by atoms with Gasteiger partial charge in [0.25, 0.3) is 0 Å². The van der Waals surface area contributed by atoms with Gasteiger partial charge >= 0.3 is 0 Å². The summed E-state index contributed by atoms with van der Waals surface area (Å²) in [6, 6.07) is 1.99. The van der Waals surface area contributed by atoms with Gasteiger partial charge in [-0.15, -0.1) is 9.90 Å². The highest BCUT2D eigenvalue weighted by atomic mass is 79.9. The van der Waals surface area contributed by atoms with Crippen molar-refractivity contribution in [2.45, 2.75) is 0 Å². The molecule has 0 unspecified atom stereocenters. The van der Waals surface area contributed by atoms with Crippen molar-refractivity contribution in [2.24, 2.45) is 0 Å². The first-order chi connectivity index (χ1) is 7.08. The van der Waals surface area contributed by atoms with E-state index in [1.54, 1.807) is 0 Å². The number of nitrogens with zero attached hydrogens (tertiary/aromatic N) is 3. The van der Waals surface area contributed by atoms with Crippen molar-refractivity contribution in [3.63, 3.8) is 0 Å². The van der Waals surface area contributed by atoms with Crippen LogP contribution in [0.1, 0.15) is 0 Å². The average molecular weight is 275 g/mol. The van der Waals surface area contributed by atoms with Crippen molar-refractivity contribution in [1.29, 1.82) is 0 Å². The molecule has 4 nitrogen and oxygen atoms in total. The lowest BCUT2D eigenvalue weighted by Gasteiger charge is -2.02. The Morgan fingerprint density at radius 3 is 2.60 bits per heavy atom. The van der Waals surface area contributed by atoms with Gasteiger partial charge in [-0.1, -0.05) is 0 Å². The third-order valence-corrected chi connectivity index (χ3v) is 2.32. The van der Waals surface area contributed by atoms with Gasteiger partial charge in [0.2, 0.25) is 0 Å². The quantitative estimate of drug-likeness (QED) is 0.808. The van der Waals surface area contributed by atoms with E-state index in [0.29, 0.717) is 0 Å². The van der Waals surface area contributed by atoms with Crippen LogP contribution in [0.2, 0.25) is 0 Å². The molecule has 78 valence electrons. The number of rotatable bonds is 1. The first-order valence-corrected chi connectivity index (χ1v) is 4.70. The number of halogens is 3. The van der Waals surface area contributed by atoms with E-state index in [1.165, 1.54) is 12.3 Å². The van der Waals surface area contributed by atoms with Gasteiger partial charge in [-0.05, 0) is 22.0 Å². The highest BCUT2D eigenvalue weighted by Gasteiger charge is 2.11. The average Bonchev–Trinajstić information content (AvgIpc) is 2.58. The van der Waals surface area contributed by atoms with Crippen molar-refractivity contribution < 1.29 is 8.78 Å². The molecule has 0 aliphatic heterocycles. The Bertz CT molecular complexity index is 511. The van der Waals surface area contributed by atoms with Crippen LogP contribution in [0.15, 0.2) is 22.8 Å². The maximum absolute atomic E-state index is 13.3. The molecule has 1 aromatic carbocycles. The van der Waals surface area contributed by atoms with Crippen molar-refractivity contribution in [1.82, 2.24) is 15.0 Å². The molecule has 0 bridgehead atoms. The molecular weight excluding hydrogens is 270 g/mol. The highest BCUT2D eigenvalue weighted by molar-refractivity contribution is 9.10. The molecule has 0 aliphatic rings. The van der Waals surface area contributed by atoms with E-state index in [0.717, 1.165) is 10.9 Å². The molecule has 1 aromatic heterocycles. The van der Waals surface area contributed by atoms with Crippen LogP contribution >= 0.6 is 15.9 Å². The number of benzene rings is 1. The standard InChI is InChI=1S/C8H5BrF2N4/c9-4-1-7(6(11)2-5(4)10)15-13-3-8(12)14-15/h1-3H,(H2,12,14). The third kappa shape index (κ3) is 1.82. The molecule has 0 saturated carbocycles. The second-order valence-electron chi connectivity index (χ2n) is 2.78. The molecule has 0 aliphatic carbocycles. The van der Waals surface area contributed by atoms with Gasteiger partial charge in [0.15, 0.2) is 11.6 Å². The van der Waals surface area contributed by atoms with E-state index in [9.17, 15) is 8.78 Å². The second-order valence-corrected chi connectivity index (χ2v) is 3.63. The monoisotopic (exact) mass is 274 g/mol. The summed E-state index contributed by atoms with van der Waals surface area (Å²) in [5.41, 5.74) is 5.36. The first kappa shape index (κ1) is 10.0. The van der Waals surface area contributed by atoms with Gasteiger partial charge in [-0.2, -0.15) is 5.10 Å². The van der Waals surface area contributed by atoms with E-state index in [-0.39, 0.29) is 16.0 Å². The number of hydrogen-bond acceptors (Lipinski definition) is 3. The Labute approximate surface area is 91.8 Å². The summed E-state index contributed by atoms with van der Waals surface area (Å²) < 4.78 is 26.4. The van der Waals surface area contributed by atoms with E-state index in [4.69, 9.17) is 5.73 Å². The summed E-state index contributed by atoms with van der Waals surface area (Å²) >= 11 is 2.94. The fourth-order valence-electron chi connectivity index (χ4n) is 1.06. The predicted octanol–water partition coefficient (Wildman–Crippen LogP) is 1.89. The lowest BCUT2D eigenvalue weighted by molar-refractivity contribution is 0.562. The number of nitrogens with two attached hydrogens (primary N) is 1. The Morgan fingerprint density at radius 1 is 1.27 bits per heavy atom. The molecule has 7 heteroatoms. The van der Waals surface area contributed by atoms with Gasteiger partial charge < -0.3 is 5.73 Å². The normalized spacial score (nSPS) is 10.6. The number of nitrogen functional groups attached to an aromatic ring is 1. The Balaban J connectivity index is 2.58. The Morgan fingerprint density at radius 2 is 2.00 bits per heavy atom. The van der Waals surface area contributed by atoms with Crippen LogP contribution in [0.25, 0.3) is 5.69 Å². The smallest absolute Gasteiger partial charge is 0.166 e. The molecule has 0 fully saturated rings. The molecule has 15 heavy (non-hydrogen) atoms. The van der Waals surface area contributed by atoms with Crippen LogP contribution in [0, 0.1) is 11.6 Å². The lowest BCUT2D eigenvalue weighted by Crippen LogP contribution is -2.03. The minimum Gasteiger partial charge on any atom is -0.381 e. The number of anilines is 1. The zero-order chi connectivity index (χ0) is 11.0. The summed E-state index contributed by atoms with van der Waals surface area (Å²) in [5, 5.41) is 7.43. The fraction of sp³-hybridized carbons (Fsp3) is 0. The summed E-state index contributed by atoms with van der Waals surface area (Å²) in [4.78, 5) is 0.995. The topological polar surface area (TPSA) is 56.7 Å². The first-order valence-electron chi connectivity index (χ1n) is 3.90. The minimum absolute atomic E-state index is 0.0278. The zero-order valence-electron chi connectivity index (χ0n) is 7.28. The van der Waals surface area contributed by atoms with Crippen molar-refractivity contribution in [3.8, 4) is 5.69 Å². The number of aromatic nitrogens is 3. The lowest BCUT2D eigenvalue weighted by atomic mass is 10.3. The molecule has 0 amide bonds. The van der Waals surface area contributed by atoms with Gasteiger partial charge in [0.05, 0.1) is 10.7 Å². The molecule has 2 rings (SSSR count). The molecule has 2 aromatic rings. The minimum atomic E-state index is -0.758. The van der Waals surface area contributed by atoms with Crippen molar-refractivity contribution in [2.75, 3.05) is 5.73 Å². The van der Waals surface area contributed by atoms with Crippen LogP contribution in [-0.4, -0.2) is 15.0 Å². The van der Waals surface area contributed by atoms with Crippen LogP contribution in [-0.2, 0) is 0 Å². The van der Waals surface area contributed by atoms with E-state index in [1.807, 2.05) is 0 Å². The molecule has 0 atom stereocenters. The van der Waals surface area contributed by atoms with Gasteiger partial charge in [-0.25, -0.2) is 8.78 Å². The maximum atomic E-state index is 13.3. The van der Waals surface area contributed by atoms with Crippen molar-refractivity contribution >= 4 is 21.7 Å². The SMILES string of the molecule is Nc1cnn(-c2cc(Br)c(F)cc2F)n1. The maximum Gasteiger partial charge on any atom is 0.166 e. The molecule has 0 radical (unpaired) electrons. The largest absolute Gasteiger partial charge is 0.381 e. The Hall–Kier alpha value is -1.50. The Kier molecular flexibility index (Phi) is 2.39. The van der Waals surface area contributed by atoms with E-state index in [2.05, 4.69) is 26.1 Å². The number of hydrogen-bond donors (Lipinski definition) is 1. The van der Waals surface area contributed by atoms with Crippen LogP contribution in [0.4, 0.5) is 14.6 Å². The van der Waals surface area contributed by atoms with Crippen molar-refractivity contribution in [3.05, 3.63) is 34.4 Å². The summed E-state index contributed by atoms with van der Waals surface area (Å²) in [6.45, 7) is 0. The molecule has 2 N–H and O–H groups in total. The van der Waals surface area contributed by atoms with Crippen LogP contribution < -0.4 is 5.73 Å². The molecule has 1 heterocycles. The third-order valence-electron chi connectivity index (χ3n) is 1.71. The van der Waals surface area contributed by atoms with Crippen LogP contribution in [0.3, 0.4) is 0 Å². The van der Waals surface area contributed by atoms with Gasteiger partial charge in [0.1, 0.15) is 11.5 Å². The molecule has 0 saturated heterocycles. The predicted molar refractivity (Wildman–Crippen MR) is 53.4 cm³/mol. The second kappa shape index (κ2) is 3.58. The summed E-state index contributed by atoms with van der Waals surface area (Å²) in [5.74, 6) is -1.28.